The average Bonchev–Trinajstić information content (AvgIpc) is 2.54. The second kappa shape index (κ2) is 7.39. The number of fused-ring (bicyclic) bond motifs is 1. The van der Waals surface area contributed by atoms with Gasteiger partial charge in [0, 0.05) is 12.2 Å². The minimum atomic E-state index is -0.704. The summed E-state index contributed by atoms with van der Waals surface area (Å²) in [4.78, 5) is 35.7. The molecule has 134 valence electrons. The highest BCUT2D eigenvalue weighted by Crippen LogP contribution is 2.35. The lowest BCUT2D eigenvalue weighted by Crippen LogP contribution is -2.18. The lowest BCUT2D eigenvalue weighted by atomic mass is 9.93. The summed E-state index contributed by atoms with van der Waals surface area (Å²) in [5, 5.41) is 18.0. The molecule has 1 N–H and O–H groups in total. The summed E-state index contributed by atoms with van der Waals surface area (Å²) < 4.78 is 10.3. The van der Waals surface area contributed by atoms with Crippen LogP contribution in [0.5, 0.6) is 0 Å². The molecule has 0 aliphatic carbocycles. The number of carbonyl (C=O) groups is 1. The van der Waals surface area contributed by atoms with Gasteiger partial charge >= 0.3 is 5.97 Å². The molecule has 0 saturated heterocycles. The van der Waals surface area contributed by atoms with E-state index in [2.05, 4.69) is 10.2 Å². The molecule has 1 aromatic carbocycles. The molecule has 0 unspecified atom stereocenters. The third-order valence-corrected chi connectivity index (χ3v) is 3.88. The molecule has 25 heavy (non-hydrogen) atoms. The van der Waals surface area contributed by atoms with Crippen LogP contribution in [0.25, 0.3) is 10.8 Å². The van der Waals surface area contributed by atoms with Crippen molar-refractivity contribution in [1.82, 2.24) is 10.2 Å². The zero-order valence-electron chi connectivity index (χ0n) is 14.5. The highest BCUT2D eigenvalue weighted by Gasteiger charge is 2.30. The predicted octanol–water partition coefficient (Wildman–Crippen LogP) is 2.16. The van der Waals surface area contributed by atoms with Gasteiger partial charge in [0.05, 0.1) is 34.5 Å². The number of ether oxygens (including phenoxy) is 2. The fourth-order valence-corrected chi connectivity index (χ4v) is 2.85. The number of aromatic nitrogens is 2. The molecule has 9 heteroatoms. The van der Waals surface area contributed by atoms with Gasteiger partial charge in [0.15, 0.2) is 0 Å². The number of carbonyl (C=O) groups excluding carboxylic acids is 1. The number of aryl methyl sites for hydroxylation is 1. The Labute approximate surface area is 143 Å². The lowest BCUT2D eigenvalue weighted by molar-refractivity contribution is -0.383. The van der Waals surface area contributed by atoms with Crippen LogP contribution in [0.4, 0.5) is 5.69 Å². The summed E-state index contributed by atoms with van der Waals surface area (Å²) >= 11 is 0. The average molecular weight is 349 g/mol. The fourth-order valence-electron chi connectivity index (χ4n) is 2.85. The van der Waals surface area contributed by atoms with Crippen LogP contribution in [0, 0.1) is 24.0 Å². The van der Waals surface area contributed by atoms with Gasteiger partial charge in [-0.2, -0.15) is 5.10 Å². The van der Waals surface area contributed by atoms with E-state index < -0.39 is 16.5 Å². The van der Waals surface area contributed by atoms with Gasteiger partial charge in [-0.3, -0.25) is 14.9 Å². The van der Waals surface area contributed by atoms with E-state index in [1.54, 1.807) is 20.8 Å². The van der Waals surface area contributed by atoms with Gasteiger partial charge in [-0.05, 0) is 33.3 Å². The monoisotopic (exact) mass is 349 g/mol. The smallest absolute Gasteiger partial charge is 0.338 e. The Bertz CT molecular complexity index is 903. The van der Waals surface area contributed by atoms with Gasteiger partial charge in [0.2, 0.25) is 0 Å². The molecule has 1 heterocycles. The Morgan fingerprint density at radius 3 is 2.44 bits per heavy atom. The number of nitro benzene ring substituents is 1. The number of nitro groups is 1. The number of aromatic amines is 1. The molecule has 1 aromatic heterocycles. The van der Waals surface area contributed by atoms with Crippen LogP contribution >= 0.6 is 0 Å². The Hall–Kier alpha value is -2.81. The lowest BCUT2D eigenvalue weighted by Gasteiger charge is -2.14. The van der Waals surface area contributed by atoms with Crippen LogP contribution in [0.3, 0.4) is 0 Å². The van der Waals surface area contributed by atoms with Crippen molar-refractivity contribution in [3.8, 4) is 0 Å². The maximum Gasteiger partial charge on any atom is 0.338 e. The molecule has 0 aliphatic rings. The number of hydrogen-bond donors (Lipinski definition) is 1. The highest BCUT2D eigenvalue weighted by molar-refractivity contribution is 6.05. The molecule has 0 radical (unpaired) electrons. The molecular weight excluding hydrogens is 330 g/mol. The van der Waals surface area contributed by atoms with Gasteiger partial charge in [-0.1, -0.05) is 0 Å². The largest absolute Gasteiger partial charge is 0.462 e. The number of hydrogen-bond acceptors (Lipinski definition) is 7. The van der Waals surface area contributed by atoms with E-state index in [4.69, 9.17) is 9.47 Å². The van der Waals surface area contributed by atoms with Gasteiger partial charge < -0.3 is 9.47 Å². The summed E-state index contributed by atoms with van der Waals surface area (Å²) in [6, 6.07) is 0. The Morgan fingerprint density at radius 1 is 1.20 bits per heavy atom. The van der Waals surface area contributed by atoms with Crippen molar-refractivity contribution in [2.45, 2.75) is 34.3 Å². The standard InChI is InChI=1S/C16H19N3O6/c1-5-24-7-10-13-12(15(20)18-17-10)8(3)11(16(21)25-6-2)9(4)14(13)19(22)23/h5-7H2,1-4H3,(H,18,20). The Balaban J connectivity index is 2.99. The van der Waals surface area contributed by atoms with Gasteiger partial charge in [0.25, 0.3) is 11.2 Å². The van der Waals surface area contributed by atoms with Crippen molar-refractivity contribution in [3.63, 3.8) is 0 Å². The first-order valence-corrected chi connectivity index (χ1v) is 7.78. The second-order valence-electron chi connectivity index (χ2n) is 5.34. The van der Waals surface area contributed by atoms with E-state index in [9.17, 15) is 19.7 Å². The van der Waals surface area contributed by atoms with Crippen molar-refractivity contribution in [3.05, 3.63) is 42.9 Å². The minimum Gasteiger partial charge on any atom is -0.462 e. The van der Waals surface area contributed by atoms with Crippen molar-refractivity contribution in [2.24, 2.45) is 0 Å². The first-order valence-electron chi connectivity index (χ1n) is 7.78. The van der Waals surface area contributed by atoms with Crippen molar-refractivity contribution in [2.75, 3.05) is 13.2 Å². The fraction of sp³-hybridized carbons (Fsp3) is 0.438. The van der Waals surface area contributed by atoms with Crippen LogP contribution in [0.1, 0.15) is 41.0 Å². The topological polar surface area (TPSA) is 124 Å². The van der Waals surface area contributed by atoms with E-state index in [1.165, 1.54) is 6.92 Å². The van der Waals surface area contributed by atoms with E-state index in [0.717, 1.165) is 0 Å². The quantitative estimate of drug-likeness (QED) is 0.481. The number of nitrogens with one attached hydrogen (secondary N) is 1. The minimum absolute atomic E-state index is 0.00224. The molecule has 0 atom stereocenters. The molecule has 2 aromatic rings. The highest BCUT2D eigenvalue weighted by atomic mass is 16.6. The van der Waals surface area contributed by atoms with Crippen molar-refractivity contribution < 1.29 is 19.2 Å². The predicted molar refractivity (Wildman–Crippen MR) is 89.8 cm³/mol. The van der Waals surface area contributed by atoms with Gasteiger partial charge in [-0.15, -0.1) is 0 Å². The summed E-state index contributed by atoms with van der Waals surface area (Å²) in [5.74, 6) is -0.704. The number of H-pyrrole nitrogens is 1. The zero-order chi connectivity index (χ0) is 18.7. The molecule has 0 fully saturated rings. The van der Waals surface area contributed by atoms with Gasteiger partial charge in [-0.25, -0.2) is 9.89 Å². The summed E-state index contributed by atoms with van der Waals surface area (Å²) in [7, 11) is 0. The van der Waals surface area contributed by atoms with Crippen molar-refractivity contribution >= 4 is 22.4 Å². The Kier molecular flexibility index (Phi) is 5.48. The van der Waals surface area contributed by atoms with E-state index in [-0.39, 0.29) is 46.5 Å². The third kappa shape index (κ3) is 3.22. The third-order valence-electron chi connectivity index (χ3n) is 3.88. The van der Waals surface area contributed by atoms with E-state index >= 15 is 0 Å². The van der Waals surface area contributed by atoms with Crippen molar-refractivity contribution in [1.29, 1.82) is 0 Å². The van der Waals surface area contributed by atoms with Crippen LogP contribution in [0.2, 0.25) is 0 Å². The number of rotatable bonds is 6. The molecule has 0 saturated carbocycles. The van der Waals surface area contributed by atoms with E-state index in [0.29, 0.717) is 12.2 Å². The zero-order valence-corrected chi connectivity index (χ0v) is 14.5. The summed E-state index contributed by atoms with van der Waals surface area (Å²) in [6.45, 7) is 6.93. The van der Waals surface area contributed by atoms with Crippen LogP contribution in [-0.4, -0.2) is 34.3 Å². The number of esters is 1. The normalized spacial score (nSPS) is 10.9. The van der Waals surface area contributed by atoms with Gasteiger partial charge in [0.1, 0.15) is 5.69 Å². The number of nitrogens with zero attached hydrogens (tertiary/aromatic N) is 2. The van der Waals surface area contributed by atoms with Crippen LogP contribution in [0.15, 0.2) is 4.79 Å². The van der Waals surface area contributed by atoms with E-state index in [1.807, 2.05) is 0 Å². The summed E-state index contributed by atoms with van der Waals surface area (Å²) in [6.07, 6.45) is 0. The molecular formula is C16H19N3O6. The molecule has 2 rings (SSSR count). The maximum atomic E-state index is 12.3. The SMILES string of the molecule is CCOCc1n[nH]c(=O)c2c(C)c(C(=O)OCC)c(C)c([N+](=O)[O-])c12. The van der Waals surface area contributed by atoms with Crippen LogP contribution < -0.4 is 5.56 Å². The molecule has 0 amide bonds. The first-order chi connectivity index (χ1) is 11.8. The first kappa shape index (κ1) is 18.5. The molecule has 0 aliphatic heterocycles. The second-order valence-corrected chi connectivity index (χ2v) is 5.34. The molecule has 9 nitrogen and oxygen atoms in total. The maximum absolute atomic E-state index is 12.3. The molecule has 0 bridgehead atoms. The number of benzene rings is 1. The molecule has 0 spiro atoms. The Morgan fingerprint density at radius 2 is 1.88 bits per heavy atom. The van der Waals surface area contributed by atoms with Crippen LogP contribution in [-0.2, 0) is 16.1 Å². The summed E-state index contributed by atoms with van der Waals surface area (Å²) in [5.41, 5.74) is -0.222.